The van der Waals surface area contributed by atoms with E-state index in [-0.39, 0.29) is 11.9 Å². The summed E-state index contributed by atoms with van der Waals surface area (Å²) in [5.74, 6) is 0.551. The molecule has 1 amide bonds. The molecule has 1 atom stereocenters. The van der Waals surface area contributed by atoms with Gasteiger partial charge in [0.2, 0.25) is 0 Å². The van der Waals surface area contributed by atoms with Gasteiger partial charge in [0.1, 0.15) is 0 Å². The van der Waals surface area contributed by atoms with Gasteiger partial charge in [-0.05, 0) is 37.3 Å². The zero-order chi connectivity index (χ0) is 14.1. The van der Waals surface area contributed by atoms with E-state index < -0.39 is 0 Å². The first kappa shape index (κ1) is 13.2. The highest BCUT2D eigenvalue weighted by atomic mass is 32.1. The molecule has 1 unspecified atom stereocenters. The van der Waals surface area contributed by atoms with Crippen LogP contribution in [0.25, 0.3) is 0 Å². The summed E-state index contributed by atoms with van der Waals surface area (Å²) < 4.78 is 0. The number of carbonyl (C=O) groups excluding carboxylic acids is 1. The molecule has 3 nitrogen and oxygen atoms in total. The number of nitrogens with two attached hydrogens (primary N) is 1. The van der Waals surface area contributed by atoms with Gasteiger partial charge in [-0.2, -0.15) is 0 Å². The fourth-order valence-electron chi connectivity index (χ4n) is 2.38. The number of rotatable bonds is 4. The van der Waals surface area contributed by atoms with Crippen molar-refractivity contribution in [1.29, 1.82) is 0 Å². The second kappa shape index (κ2) is 5.29. The summed E-state index contributed by atoms with van der Waals surface area (Å²) in [6.07, 6.45) is 2.37. The molecule has 0 radical (unpaired) electrons. The van der Waals surface area contributed by atoms with Crippen LogP contribution >= 0.6 is 11.3 Å². The van der Waals surface area contributed by atoms with Gasteiger partial charge in [0.05, 0.1) is 10.9 Å². The first-order valence-corrected chi connectivity index (χ1v) is 7.68. The highest BCUT2D eigenvalue weighted by Gasteiger charge is 2.33. The molecule has 1 aliphatic rings. The van der Waals surface area contributed by atoms with Crippen molar-refractivity contribution in [2.45, 2.75) is 25.8 Å². The Labute approximate surface area is 122 Å². The number of aryl methyl sites for hydroxylation is 1. The molecule has 0 saturated heterocycles. The minimum Gasteiger partial charge on any atom is -0.398 e. The average Bonchev–Trinajstić information content (AvgIpc) is 3.23. The zero-order valence-electron chi connectivity index (χ0n) is 11.4. The molecule has 104 valence electrons. The standard InChI is InChI=1S/C16H18N2OS/c1-10-13(17)9-14(20-10)16(19)18-15(12-7-8-12)11-5-3-2-4-6-11/h2-6,9,12,15H,7-8,17H2,1H3,(H,18,19). The van der Waals surface area contributed by atoms with Crippen molar-refractivity contribution in [3.05, 3.63) is 51.7 Å². The van der Waals surface area contributed by atoms with Crippen molar-refractivity contribution in [3.63, 3.8) is 0 Å². The minimum atomic E-state index is -0.0180. The van der Waals surface area contributed by atoms with E-state index in [2.05, 4.69) is 17.4 Å². The van der Waals surface area contributed by atoms with Crippen molar-refractivity contribution >= 4 is 22.9 Å². The third-order valence-electron chi connectivity index (χ3n) is 3.72. The van der Waals surface area contributed by atoms with Crippen molar-refractivity contribution in [1.82, 2.24) is 5.32 Å². The van der Waals surface area contributed by atoms with Crippen LogP contribution in [0, 0.1) is 12.8 Å². The molecule has 0 bridgehead atoms. The summed E-state index contributed by atoms with van der Waals surface area (Å²) in [4.78, 5) is 14.1. The van der Waals surface area contributed by atoms with Gasteiger partial charge in [0, 0.05) is 10.6 Å². The number of nitrogen functional groups attached to an aromatic ring is 1. The number of amides is 1. The van der Waals surface area contributed by atoms with Crippen molar-refractivity contribution < 1.29 is 4.79 Å². The third kappa shape index (κ3) is 2.70. The molecule has 1 aromatic heterocycles. The Kier molecular flexibility index (Phi) is 3.49. The number of hydrogen-bond acceptors (Lipinski definition) is 3. The normalized spacial score (nSPS) is 15.8. The van der Waals surface area contributed by atoms with Gasteiger partial charge in [0.15, 0.2) is 0 Å². The lowest BCUT2D eigenvalue weighted by Gasteiger charge is -2.18. The van der Waals surface area contributed by atoms with Gasteiger partial charge in [-0.15, -0.1) is 11.3 Å². The number of benzene rings is 1. The molecule has 1 heterocycles. The Morgan fingerprint density at radius 3 is 2.60 bits per heavy atom. The highest BCUT2D eigenvalue weighted by molar-refractivity contribution is 7.14. The lowest BCUT2D eigenvalue weighted by molar-refractivity contribution is 0.0936. The summed E-state index contributed by atoms with van der Waals surface area (Å²) in [7, 11) is 0. The Morgan fingerprint density at radius 1 is 1.35 bits per heavy atom. The molecule has 20 heavy (non-hydrogen) atoms. The third-order valence-corrected chi connectivity index (χ3v) is 4.78. The topological polar surface area (TPSA) is 55.1 Å². The van der Waals surface area contributed by atoms with Gasteiger partial charge >= 0.3 is 0 Å². The fourth-order valence-corrected chi connectivity index (χ4v) is 3.23. The van der Waals surface area contributed by atoms with Crippen LogP contribution in [-0.4, -0.2) is 5.91 Å². The van der Waals surface area contributed by atoms with Gasteiger partial charge in [-0.1, -0.05) is 30.3 Å². The van der Waals surface area contributed by atoms with Crippen LogP contribution in [0.4, 0.5) is 5.69 Å². The number of anilines is 1. The van der Waals surface area contributed by atoms with E-state index in [1.165, 1.54) is 29.7 Å². The van der Waals surface area contributed by atoms with Crippen LogP contribution < -0.4 is 11.1 Å². The summed E-state index contributed by atoms with van der Waals surface area (Å²) in [6.45, 7) is 1.94. The van der Waals surface area contributed by atoms with Crippen LogP contribution in [0.5, 0.6) is 0 Å². The Morgan fingerprint density at radius 2 is 2.05 bits per heavy atom. The second-order valence-corrected chi connectivity index (χ2v) is 6.58. The molecule has 3 N–H and O–H groups in total. The maximum atomic E-state index is 12.4. The number of carbonyl (C=O) groups is 1. The monoisotopic (exact) mass is 286 g/mol. The smallest absolute Gasteiger partial charge is 0.261 e. The summed E-state index contributed by atoms with van der Waals surface area (Å²) in [5, 5.41) is 3.17. The molecule has 0 aliphatic heterocycles. The molecular weight excluding hydrogens is 268 g/mol. The van der Waals surface area contributed by atoms with E-state index in [4.69, 9.17) is 5.73 Å². The number of thiophene rings is 1. The second-order valence-electron chi connectivity index (χ2n) is 5.32. The Bertz CT molecular complexity index is 597. The van der Waals surface area contributed by atoms with Crippen LogP contribution in [0.15, 0.2) is 36.4 Å². The van der Waals surface area contributed by atoms with E-state index in [1.54, 1.807) is 6.07 Å². The van der Waals surface area contributed by atoms with E-state index in [1.807, 2.05) is 25.1 Å². The molecule has 0 spiro atoms. The molecule has 1 saturated carbocycles. The Hall–Kier alpha value is -1.81. The highest BCUT2D eigenvalue weighted by Crippen LogP contribution is 2.41. The molecule has 2 aromatic rings. The van der Waals surface area contributed by atoms with Crippen molar-refractivity contribution in [2.75, 3.05) is 5.73 Å². The lowest BCUT2D eigenvalue weighted by atomic mass is 10.0. The molecule has 4 heteroatoms. The van der Waals surface area contributed by atoms with Crippen LogP contribution in [0.3, 0.4) is 0 Å². The quantitative estimate of drug-likeness (QED) is 0.903. The molecule has 1 aliphatic carbocycles. The number of hydrogen-bond donors (Lipinski definition) is 2. The molecule has 1 fully saturated rings. The summed E-state index contributed by atoms with van der Waals surface area (Å²) in [6, 6.07) is 12.1. The van der Waals surface area contributed by atoms with E-state index >= 15 is 0 Å². The maximum absolute atomic E-state index is 12.4. The van der Waals surface area contributed by atoms with Gasteiger partial charge in [-0.25, -0.2) is 0 Å². The van der Waals surface area contributed by atoms with E-state index in [0.29, 0.717) is 16.5 Å². The Balaban J connectivity index is 1.78. The molecular formula is C16H18N2OS. The van der Waals surface area contributed by atoms with Crippen LogP contribution in [0.1, 0.15) is 39.0 Å². The largest absolute Gasteiger partial charge is 0.398 e. The van der Waals surface area contributed by atoms with Gasteiger partial charge < -0.3 is 11.1 Å². The van der Waals surface area contributed by atoms with Crippen molar-refractivity contribution in [3.8, 4) is 0 Å². The molecule has 3 rings (SSSR count). The zero-order valence-corrected chi connectivity index (χ0v) is 12.2. The summed E-state index contributed by atoms with van der Waals surface area (Å²) >= 11 is 1.45. The van der Waals surface area contributed by atoms with Crippen LogP contribution in [0.2, 0.25) is 0 Å². The van der Waals surface area contributed by atoms with Crippen LogP contribution in [-0.2, 0) is 0 Å². The SMILES string of the molecule is Cc1sc(C(=O)NC(c2ccccc2)C2CC2)cc1N. The van der Waals surface area contributed by atoms with Gasteiger partial charge in [0.25, 0.3) is 5.91 Å². The van der Waals surface area contributed by atoms with E-state index in [0.717, 1.165) is 4.88 Å². The van der Waals surface area contributed by atoms with Crippen molar-refractivity contribution in [2.24, 2.45) is 5.92 Å². The fraction of sp³-hybridized carbons (Fsp3) is 0.312. The molecule has 1 aromatic carbocycles. The maximum Gasteiger partial charge on any atom is 0.261 e. The minimum absolute atomic E-state index is 0.0180. The van der Waals surface area contributed by atoms with E-state index in [9.17, 15) is 4.79 Å². The lowest BCUT2D eigenvalue weighted by Crippen LogP contribution is -2.29. The average molecular weight is 286 g/mol. The first-order valence-electron chi connectivity index (χ1n) is 6.87. The summed E-state index contributed by atoms with van der Waals surface area (Å²) in [5.41, 5.74) is 7.70. The predicted molar refractivity (Wildman–Crippen MR) is 82.8 cm³/mol. The number of nitrogens with one attached hydrogen (secondary N) is 1. The predicted octanol–water partition coefficient (Wildman–Crippen LogP) is 3.52. The van der Waals surface area contributed by atoms with Gasteiger partial charge in [-0.3, -0.25) is 4.79 Å². The first-order chi connectivity index (χ1) is 9.65.